The largest absolute Gasteiger partial charge is 0.398 e. The van der Waals surface area contributed by atoms with Crippen molar-refractivity contribution in [2.75, 3.05) is 20.8 Å². The fourth-order valence-corrected chi connectivity index (χ4v) is 3.48. The first-order valence-corrected chi connectivity index (χ1v) is 11.2. The summed E-state index contributed by atoms with van der Waals surface area (Å²) in [5.74, 6) is 0. The lowest BCUT2D eigenvalue weighted by Crippen LogP contribution is -2.43. The summed E-state index contributed by atoms with van der Waals surface area (Å²) in [5, 5.41) is 0. The lowest BCUT2D eigenvalue weighted by atomic mass is 10.5. The predicted molar refractivity (Wildman–Crippen MR) is 66.4 cm³/mol. The van der Waals surface area contributed by atoms with Gasteiger partial charge in [-0.05, 0) is 25.6 Å². The zero-order chi connectivity index (χ0) is 11.2. The molecule has 14 heavy (non-hydrogen) atoms. The lowest BCUT2D eigenvalue weighted by Gasteiger charge is -2.24. The Balaban J connectivity index is 3.63. The molecule has 0 aromatic carbocycles. The first-order chi connectivity index (χ1) is 6.33. The molecule has 0 aromatic rings. The molecule has 0 atom stereocenters. The number of rotatable bonds is 7. The molecule has 3 nitrogen and oxygen atoms in total. The zero-order valence-corrected chi connectivity index (χ0v) is 12.4. The molecule has 0 spiro atoms. The quantitative estimate of drug-likeness (QED) is 0.542. The summed E-state index contributed by atoms with van der Waals surface area (Å²) < 4.78 is 10.8. The van der Waals surface area contributed by atoms with Crippen molar-refractivity contribution < 1.29 is 8.85 Å². The van der Waals surface area contributed by atoms with Gasteiger partial charge in [-0.1, -0.05) is 19.6 Å². The fraction of sp³-hybridized carbons (Fsp3) is 1.00. The van der Waals surface area contributed by atoms with Crippen LogP contribution in [0.1, 0.15) is 6.42 Å². The second kappa shape index (κ2) is 6.02. The van der Waals surface area contributed by atoms with Crippen LogP contribution < -0.4 is 4.98 Å². The average molecular weight is 235 g/mol. The highest BCUT2D eigenvalue weighted by Crippen LogP contribution is 2.13. The Hall–Kier alpha value is 0.314. The molecule has 0 rings (SSSR count). The average Bonchev–Trinajstić information content (AvgIpc) is 2.11. The summed E-state index contributed by atoms with van der Waals surface area (Å²) in [6.07, 6.45) is 1.15. The van der Waals surface area contributed by atoms with Crippen molar-refractivity contribution in [3.63, 3.8) is 0 Å². The molecule has 0 aliphatic rings. The summed E-state index contributed by atoms with van der Waals surface area (Å²) in [7, 11) is 0.595. The third kappa shape index (κ3) is 6.72. The number of hydrogen-bond acceptors (Lipinski definition) is 3. The van der Waals surface area contributed by atoms with Crippen molar-refractivity contribution in [3.05, 3.63) is 0 Å². The highest BCUT2D eigenvalue weighted by molar-refractivity contribution is 6.73. The van der Waals surface area contributed by atoms with Crippen LogP contribution in [0.4, 0.5) is 0 Å². The van der Waals surface area contributed by atoms with Crippen LogP contribution >= 0.6 is 0 Å². The minimum atomic E-state index is -1.82. The predicted octanol–water partition coefficient (Wildman–Crippen LogP) is 2.17. The molecule has 0 heterocycles. The van der Waals surface area contributed by atoms with E-state index in [0.29, 0.717) is 0 Å². The monoisotopic (exact) mass is 235 g/mol. The van der Waals surface area contributed by atoms with Crippen LogP contribution in [0.15, 0.2) is 0 Å². The maximum absolute atomic E-state index is 5.42. The maximum atomic E-state index is 5.42. The van der Waals surface area contributed by atoms with Gasteiger partial charge in [0.1, 0.15) is 8.24 Å². The summed E-state index contributed by atoms with van der Waals surface area (Å²) in [4.78, 5) is 3.59. The Morgan fingerprint density at radius 3 is 1.86 bits per heavy atom. The molecule has 0 aromatic heterocycles. The molecule has 0 aliphatic carbocycles. The second-order valence-corrected chi connectivity index (χ2v) is 13.3. The zero-order valence-electron chi connectivity index (χ0n) is 10.4. The van der Waals surface area contributed by atoms with E-state index >= 15 is 0 Å². The minimum Gasteiger partial charge on any atom is -0.398 e. The van der Waals surface area contributed by atoms with E-state index in [1.165, 1.54) is 0 Å². The molecule has 5 heteroatoms. The van der Waals surface area contributed by atoms with Crippen LogP contribution in [0.5, 0.6) is 0 Å². The van der Waals surface area contributed by atoms with Crippen LogP contribution in [-0.2, 0) is 8.85 Å². The molecule has 0 radical (unpaired) electrons. The van der Waals surface area contributed by atoms with Gasteiger partial charge >= 0.3 is 8.56 Å². The van der Waals surface area contributed by atoms with Crippen LogP contribution in [0.25, 0.3) is 0 Å². The van der Waals surface area contributed by atoms with Crippen molar-refractivity contribution >= 4 is 16.8 Å². The molecule has 0 unspecified atom stereocenters. The van der Waals surface area contributed by atoms with E-state index in [1.54, 1.807) is 14.2 Å². The van der Waals surface area contributed by atoms with Gasteiger partial charge in [-0.25, -0.2) is 0 Å². The van der Waals surface area contributed by atoms with Gasteiger partial charge in [-0.2, -0.15) is 0 Å². The van der Waals surface area contributed by atoms with Crippen molar-refractivity contribution in [2.45, 2.75) is 38.7 Å². The molecule has 0 aliphatic heterocycles. The van der Waals surface area contributed by atoms with Gasteiger partial charge in [0, 0.05) is 14.2 Å². The summed E-state index contributed by atoms with van der Waals surface area (Å²) >= 11 is 0. The molecule has 0 bridgehead atoms. The van der Waals surface area contributed by atoms with Gasteiger partial charge in [-0.15, -0.1) is 0 Å². The van der Waals surface area contributed by atoms with Crippen molar-refractivity contribution in [1.82, 2.24) is 4.98 Å². The first-order valence-electron chi connectivity index (χ1n) is 5.18. The van der Waals surface area contributed by atoms with Crippen LogP contribution in [-0.4, -0.2) is 37.6 Å². The fourth-order valence-electron chi connectivity index (χ4n) is 1.16. The number of nitrogens with one attached hydrogen (secondary N) is 1. The molecule has 0 amide bonds. The normalized spacial score (nSPS) is 13.3. The van der Waals surface area contributed by atoms with Crippen LogP contribution in [0.2, 0.25) is 32.2 Å². The smallest absolute Gasteiger partial charge is 0.334 e. The van der Waals surface area contributed by atoms with Crippen LogP contribution in [0.3, 0.4) is 0 Å². The first kappa shape index (κ1) is 14.3. The summed E-state index contributed by atoms with van der Waals surface area (Å²) in [5.41, 5.74) is 0. The summed E-state index contributed by atoms with van der Waals surface area (Å²) in [6.45, 7) is 10.1. The van der Waals surface area contributed by atoms with E-state index in [1.807, 2.05) is 0 Å². The van der Waals surface area contributed by atoms with E-state index in [9.17, 15) is 0 Å². The highest BCUT2D eigenvalue weighted by Gasteiger charge is 2.27. The molecule has 1 N–H and O–H groups in total. The molecule has 0 fully saturated rings. The Labute approximate surface area is 90.5 Å². The number of hydrogen-bond donors (Lipinski definition) is 1. The van der Waals surface area contributed by atoms with E-state index in [4.69, 9.17) is 8.85 Å². The van der Waals surface area contributed by atoms with Gasteiger partial charge in [0.05, 0.1) is 0 Å². The third-order valence-electron chi connectivity index (χ3n) is 2.33. The van der Waals surface area contributed by atoms with Gasteiger partial charge in [0.15, 0.2) is 0 Å². The van der Waals surface area contributed by atoms with E-state index in [2.05, 4.69) is 31.2 Å². The van der Waals surface area contributed by atoms with Crippen molar-refractivity contribution in [3.8, 4) is 0 Å². The van der Waals surface area contributed by atoms with Crippen LogP contribution in [0, 0.1) is 0 Å². The Morgan fingerprint density at radius 2 is 1.50 bits per heavy atom. The molecule has 86 valence electrons. The molecular weight excluding hydrogens is 210 g/mol. The van der Waals surface area contributed by atoms with Crippen molar-refractivity contribution in [1.29, 1.82) is 0 Å². The SMILES string of the molecule is CO[Si](C)(CCCN[Si](C)(C)C)OC. The Morgan fingerprint density at radius 1 is 1.00 bits per heavy atom. The minimum absolute atomic E-state index is 1.07. The van der Waals surface area contributed by atoms with Gasteiger partial charge < -0.3 is 13.8 Å². The standard InChI is InChI=1S/C9H25NO2Si2/c1-11-14(6,12-2)9-7-8-10-13(3,4)5/h10H,7-9H2,1-6H3. The van der Waals surface area contributed by atoms with E-state index < -0.39 is 16.8 Å². The van der Waals surface area contributed by atoms with Gasteiger partial charge in [-0.3, -0.25) is 0 Å². The van der Waals surface area contributed by atoms with E-state index in [0.717, 1.165) is 19.0 Å². The topological polar surface area (TPSA) is 30.5 Å². The van der Waals surface area contributed by atoms with Gasteiger partial charge in [0.2, 0.25) is 0 Å². The molecule has 0 saturated heterocycles. The summed E-state index contributed by atoms with van der Waals surface area (Å²) in [6, 6.07) is 1.07. The highest BCUT2D eigenvalue weighted by atomic mass is 28.4. The Kier molecular flexibility index (Phi) is 6.15. The lowest BCUT2D eigenvalue weighted by molar-refractivity contribution is 0.248. The van der Waals surface area contributed by atoms with Crippen molar-refractivity contribution in [2.24, 2.45) is 0 Å². The van der Waals surface area contributed by atoms with Gasteiger partial charge in [0.25, 0.3) is 0 Å². The second-order valence-electron chi connectivity index (χ2n) is 4.82. The maximum Gasteiger partial charge on any atom is 0.334 e. The Bertz CT molecular complexity index is 155. The molecule has 0 saturated carbocycles. The third-order valence-corrected chi connectivity index (χ3v) is 6.63. The molecular formula is C9H25NO2Si2. The van der Waals surface area contributed by atoms with E-state index in [-0.39, 0.29) is 0 Å².